The number of nitrogens with zero attached hydrogens (tertiary/aromatic N) is 4. The highest BCUT2D eigenvalue weighted by Crippen LogP contribution is 2.21. The van der Waals surface area contributed by atoms with Crippen LogP contribution in [0.4, 0.5) is 17.2 Å². The molecule has 0 aliphatic rings. The Labute approximate surface area is 207 Å². The quantitative estimate of drug-likeness (QED) is 0.360. The number of carbonyl (C=O) groups is 2. The van der Waals surface area contributed by atoms with Gasteiger partial charge in [-0.15, -0.1) is 0 Å². The Balaban J connectivity index is 1.88. The molecule has 0 saturated carbocycles. The van der Waals surface area contributed by atoms with Gasteiger partial charge in [0.1, 0.15) is 5.82 Å². The molecule has 12 nitrogen and oxygen atoms in total. The van der Waals surface area contributed by atoms with E-state index in [9.17, 15) is 19.2 Å². The van der Waals surface area contributed by atoms with Crippen LogP contribution in [-0.2, 0) is 22.6 Å². The molecule has 0 unspecified atom stereocenters. The van der Waals surface area contributed by atoms with Crippen molar-refractivity contribution in [3.05, 3.63) is 69.4 Å². The number of hydrogen-bond acceptors (Lipinski definition) is 7. The Bertz CT molecular complexity index is 1310. The van der Waals surface area contributed by atoms with E-state index >= 15 is 0 Å². The van der Waals surface area contributed by atoms with E-state index in [4.69, 9.17) is 10.5 Å². The summed E-state index contributed by atoms with van der Waals surface area (Å²) in [6.45, 7) is 4.67. The molecule has 12 heteroatoms. The maximum Gasteiger partial charge on any atom is 0.330 e. The number of aromatic amines is 1. The minimum absolute atomic E-state index is 0.0178. The topological polar surface area (TPSA) is 157 Å². The minimum atomic E-state index is -0.772. The molecule has 0 fully saturated rings. The van der Waals surface area contributed by atoms with Crippen molar-refractivity contribution in [3.8, 4) is 0 Å². The lowest BCUT2D eigenvalue weighted by Gasteiger charge is -2.25. The van der Waals surface area contributed by atoms with Gasteiger partial charge in [-0.2, -0.15) is 0 Å². The molecule has 1 aromatic carbocycles. The van der Waals surface area contributed by atoms with Crippen LogP contribution in [0.2, 0.25) is 0 Å². The number of ether oxygens (including phenoxy) is 1. The van der Waals surface area contributed by atoms with Gasteiger partial charge in [-0.3, -0.25) is 28.8 Å². The predicted octanol–water partition coefficient (Wildman–Crippen LogP) is 1.29. The third-order valence-corrected chi connectivity index (χ3v) is 5.35. The maximum atomic E-state index is 13.5. The first-order valence-corrected chi connectivity index (χ1v) is 11.5. The van der Waals surface area contributed by atoms with Crippen molar-refractivity contribution in [1.29, 1.82) is 0 Å². The van der Waals surface area contributed by atoms with Crippen molar-refractivity contribution in [3.63, 3.8) is 0 Å². The van der Waals surface area contributed by atoms with E-state index in [0.717, 1.165) is 0 Å². The van der Waals surface area contributed by atoms with E-state index in [0.29, 0.717) is 12.2 Å². The molecule has 0 spiro atoms. The summed E-state index contributed by atoms with van der Waals surface area (Å²) < 4.78 is 8.16. The summed E-state index contributed by atoms with van der Waals surface area (Å²) in [6.07, 6.45) is 5.24. The van der Waals surface area contributed by atoms with Gasteiger partial charge in [-0.05, 0) is 24.1 Å². The number of benzene rings is 1. The molecule has 0 saturated heterocycles. The largest absolute Gasteiger partial charge is 0.383 e. The summed E-state index contributed by atoms with van der Waals surface area (Å²) in [5.41, 5.74) is 5.33. The zero-order chi connectivity index (χ0) is 26.2. The number of carbonyl (C=O) groups excluding carboxylic acids is 2. The number of methoxy groups -OCH3 is 1. The Morgan fingerprint density at radius 1 is 1.28 bits per heavy atom. The lowest BCUT2D eigenvalue weighted by molar-refractivity contribution is -0.116. The van der Waals surface area contributed by atoms with E-state index < -0.39 is 17.2 Å². The van der Waals surface area contributed by atoms with Crippen molar-refractivity contribution >= 4 is 29.0 Å². The molecule has 3 rings (SSSR count). The highest BCUT2D eigenvalue weighted by molar-refractivity contribution is 6.08. The van der Waals surface area contributed by atoms with Crippen molar-refractivity contribution in [2.45, 2.75) is 33.4 Å². The number of aromatic nitrogens is 4. The van der Waals surface area contributed by atoms with Crippen molar-refractivity contribution in [2.24, 2.45) is 5.92 Å². The van der Waals surface area contributed by atoms with Crippen LogP contribution >= 0.6 is 0 Å². The third kappa shape index (κ3) is 6.48. The highest BCUT2D eigenvalue weighted by Gasteiger charge is 2.25. The first-order valence-electron chi connectivity index (χ1n) is 11.5. The average molecular weight is 498 g/mol. The lowest BCUT2D eigenvalue weighted by atomic mass is 10.1. The highest BCUT2D eigenvalue weighted by atomic mass is 16.5. The number of nitrogens with two attached hydrogens (primary N) is 1. The summed E-state index contributed by atoms with van der Waals surface area (Å²) in [5.74, 6) is -0.800. The second-order valence-corrected chi connectivity index (χ2v) is 8.63. The maximum absolute atomic E-state index is 13.5. The SMILES string of the molecule is COCCN(C(=O)c1cccc(NC(=O)CCn2ccnc2)c1)c1c(N)n(CC(C)C)c(=O)[nH]c1=O. The van der Waals surface area contributed by atoms with Crippen LogP contribution in [0.1, 0.15) is 30.6 Å². The fourth-order valence-corrected chi connectivity index (χ4v) is 3.64. The second-order valence-electron chi connectivity index (χ2n) is 8.63. The van der Waals surface area contributed by atoms with E-state index in [1.807, 2.05) is 13.8 Å². The Kier molecular flexibility index (Phi) is 8.79. The number of aryl methyl sites for hydroxylation is 1. The van der Waals surface area contributed by atoms with Crippen LogP contribution in [0.15, 0.2) is 52.6 Å². The first kappa shape index (κ1) is 26.4. The van der Waals surface area contributed by atoms with Crippen molar-refractivity contribution < 1.29 is 14.3 Å². The van der Waals surface area contributed by atoms with Crippen LogP contribution in [0.3, 0.4) is 0 Å². The second kappa shape index (κ2) is 12.0. The van der Waals surface area contributed by atoms with Crippen molar-refractivity contribution in [2.75, 3.05) is 36.2 Å². The van der Waals surface area contributed by atoms with E-state index in [2.05, 4.69) is 15.3 Å². The number of imidazole rings is 1. The Morgan fingerprint density at radius 2 is 2.06 bits per heavy atom. The summed E-state index contributed by atoms with van der Waals surface area (Å²) in [7, 11) is 1.47. The molecule has 192 valence electrons. The molecule has 3 aromatic rings. The molecule has 0 aliphatic carbocycles. The molecular weight excluding hydrogens is 466 g/mol. The summed E-state index contributed by atoms with van der Waals surface area (Å²) >= 11 is 0. The molecule has 2 heterocycles. The third-order valence-electron chi connectivity index (χ3n) is 5.35. The van der Waals surface area contributed by atoms with Gasteiger partial charge in [0, 0.05) is 56.8 Å². The van der Waals surface area contributed by atoms with Crippen LogP contribution in [0, 0.1) is 5.92 Å². The molecule has 4 N–H and O–H groups in total. The average Bonchev–Trinajstić information content (AvgIpc) is 3.36. The van der Waals surface area contributed by atoms with Gasteiger partial charge in [0.25, 0.3) is 11.5 Å². The van der Waals surface area contributed by atoms with Gasteiger partial charge in [0.05, 0.1) is 12.9 Å². The Morgan fingerprint density at radius 3 is 2.72 bits per heavy atom. The standard InChI is InChI=1S/C24H31N7O5/c1-16(2)14-31-21(25)20(22(33)28-24(31)35)30(11-12-36-3)23(34)17-5-4-6-18(13-17)27-19(32)7-9-29-10-8-26-15-29/h4-6,8,10,13,15-16H,7,9,11-12,14,25H2,1-3H3,(H,27,32)(H,28,33,35). The molecule has 0 aliphatic heterocycles. The predicted molar refractivity (Wildman–Crippen MR) is 136 cm³/mol. The molecular formula is C24H31N7O5. The van der Waals surface area contributed by atoms with Crippen LogP contribution in [-0.4, -0.2) is 51.2 Å². The van der Waals surface area contributed by atoms with Gasteiger partial charge >= 0.3 is 5.69 Å². The molecule has 0 atom stereocenters. The normalized spacial score (nSPS) is 11.0. The van der Waals surface area contributed by atoms with Gasteiger partial charge in [0.2, 0.25) is 5.91 Å². The first-order chi connectivity index (χ1) is 17.2. The zero-order valence-electron chi connectivity index (χ0n) is 20.6. The summed E-state index contributed by atoms with van der Waals surface area (Å²) in [4.78, 5) is 58.4. The fourth-order valence-electron chi connectivity index (χ4n) is 3.64. The van der Waals surface area contributed by atoms with E-state index in [1.54, 1.807) is 41.5 Å². The Hall–Kier alpha value is -4.19. The number of H-pyrrole nitrogens is 1. The van der Waals surface area contributed by atoms with Crippen LogP contribution in [0.25, 0.3) is 0 Å². The number of rotatable bonds is 11. The van der Waals surface area contributed by atoms with Crippen LogP contribution in [0.5, 0.6) is 0 Å². The van der Waals surface area contributed by atoms with Gasteiger partial charge < -0.3 is 20.4 Å². The number of anilines is 3. The number of amides is 2. The van der Waals surface area contributed by atoms with Gasteiger partial charge in [-0.25, -0.2) is 9.78 Å². The molecule has 0 bridgehead atoms. The zero-order valence-corrected chi connectivity index (χ0v) is 20.6. The fraction of sp³-hybridized carbons (Fsp3) is 0.375. The van der Waals surface area contributed by atoms with E-state index in [-0.39, 0.29) is 55.0 Å². The van der Waals surface area contributed by atoms with Gasteiger partial charge in [0.15, 0.2) is 5.69 Å². The minimum Gasteiger partial charge on any atom is -0.383 e. The monoisotopic (exact) mass is 497 g/mol. The van der Waals surface area contributed by atoms with Crippen molar-refractivity contribution in [1.82, 2.24) is 19.1 Å². The number of nitrogens with one attached hydrogen (secondary N) is 2. The molecule has 2 aromatic heterocycles. The lowest BCUT2D eigenvalue weighted by Crippen LogP contribution is -2.42. The van der Waals surface area contributed by atoms with Gasteiger partial charge in [-0.1, -0.05) is 19.9 Å². The summed E-state index contributed by atoms with van der Waals surface area (Å²) in [5, 5.41) is 2.78. The van der Waals surface area contributed by atoms with E-state index in [1.165, 1.54) is 22.6 Å². The van der Waals surface area contributed by atoms with Crippen LogP contribution < -0.4 is 27.2 Å². The summed E-state index contributed by atoms with van der Waals surface area (Å²) in [6, 6.07) is 6.37. The molecule has 2 amide bonds. The molecule has 36 heavy (non-hydrogen) atoms. The molecule has 0 radical (unpaired) electrons. The smallest absolute Gasteiger partial charge is 0.330 e. The number of nitrogen functional groups attached to an aromatic ring is 1. The number of hydrogen-bond donors (Lipinski definition) is 3.